The molecule has 0 aromatic heterocycles. The van der Waals surface area contributed by atoms with Crippen molar-refractivity contribution in [1.82, 2.24) is 0 Å². The van der Waals surface area contributed by atoms with Gasteiger partial charge in [0.1, 0.15) is 13.2 Å². The summed E-state index contributed by atoms with van der Waals surface area (Å²) < 4.78 is 16.7. The molecule has 0 aliphatic heterocycles. The van der Waals surface area contributed by atoms with Crippen LogP contribution in [0.4, 0.5) is 0 Å². The van der Waals surface area contributed by atoms with Crippen molar-refractivity contribution < 1.29 is 28.6 Å². The van der Waals surface area contributed by atoms with Crippen molar-refractivity contribution in [2.45, 2.75) is 277 Å². The topological polar surface area (TPSA) is 78.9 Å². The van der Waals surface area contributed by atoms with Gasteiger partial charge in [0, 0.05) is 19.3 Å². The van der Waals surface area contributed by atoms with Crippen LogP contribution in [0.15, 0.2) is 24.3 Å². The summed E-state index contributed by atoms with van der Waals surface area (Å²) in [5.41, 5.74) is 0. The molecule has 0 spiro atoms. The van der Waals surface area contributed by atoms with Gasteiger partial charge in [-0.15, -0.1) is 0 Å². The zero-order valence-electron chi connectivity index (χ0n) is 38.8. The Balaban J connectivity index is 4.17. The average Bonchev–Trinajstić information content (AvgIpc) is 3.22. The number of carbonyl (C=O) groups excluding carboxylic acids is 3. The summed E-state index contributed by atoms with van der Waals surface area (Å²) in [4.78, 5) is 37.7. The molecule has 0 amide bonds. The van der Waals surface area contributed by atoms with Gasteiger partial charge in [-0.2, -0.15) is 0 Å². The number of carbonyl (C=O) groups is 3. The predicted octanol–water partition coefficient (Wildman–Crippen LogP) is 16.4. The number of rotatable bonds is 46. The van der Waals surface area contributed by atoms with Crippen LogP contribution in [0.5, 0.6) is 0 Å². The highest BCUT2D eigenvalue weighted by Gasteiger charge is 2.19. The van der Waals surface area contributed by atoms with Crippen molar-refractivity contribution >= 4 is 17.9 Å². The average molecular weight is 817 g/mol. The fraction of sp³-hybridized carbons (Fsp3) is 0.865. The van der Waals surface area contributed by atoms with E-state index in [0.717, 1.165) is 64.2 Å². The fourth-order valence-electron chi connectivity index (χ4n) is 7.31. The molecule has 0 N–H and O–H groups in total. The fourth-order valence-corrected chi connectivity index (χ4v) is 7.31. The first-order chi connectivity index (χ1) is 28.5. The molecule has 0 aliphatic carbocycles. The van der Waals surface area contributed by atoms with Crippen LogP contribution in [-0.2, 0) is 28.6 Å². The molecule has 0 aliphatic rings. The maximum absolute atomic E-state index is 12.7. The van der Waals surface area contributed by atoms with Gasteiger partial charge < -0.3 is 14.2 Å². The van der Waals surface area contributed by atoms with E-state index in [1.54, 1.807) is 0 Å². The van der Waals surface area contributed by atoms with Crippen molar-refractivity contribution in [1.29, 1.82) is 0 Å². The van der Waals surface area contributed by atoms with Crippen molar-refractivity contribution in [3.63, 3.8) is 0 Å². The molecule has 0 bridgehead atoms. The van der Waals surface area contributed by atoms with Crippen molar-refractivity contribution in [2.75, 3.05) is 13.2 Å². The molecule has 0 aromatic rings. The van der Waals surface area contributed by atoms with Gasteiger partial charge in [-0.3, -0.25) is 14.4 Å². The minimum atomic E-state index is -0.769. The van der Waals surface area contributed by atoms with Gasteiger partial charge in [-0.1, -0.05) is 206 Å². The second-order valence-electron chi connectivity index (χ2n) is 17.1. The van der Waals surface area contributed by atoms with Crippen LogP contribution < -0.4 is 0 Å². The van der Waals surface area contributed by atoms with Gasteiger partial charge in [-0.05, 0) is 70.6 Å². The molecular weight excluding hydrogens is 721 g/mol. The Morgan fingerprint density at radius 3 is 0.897 bits per heavy atom. The Morgan fingerprint density at radius 2 is 0.569 bits per heavy atom. The van der Waals surface area contributed by atoms with Crippen LogP contribution in [0.25, 0.3) is 0 Å². The quantitative estimate of drug-likeness (QED) is 0.0263. The van der Waals surface area contributed by atoms with Gasteiger partial charge in [-0.25, -0.2) is 0 Å². The van der Waals surface area contributed by atoms with Crippen molar-refractivity contribution in [3.05, 3.63) is 24.3 Å². The lowest BCUT2D eigenvalue weighted by molar-refractivity contribution is -0.167. The van der Waals surface area contributed by atoms with Crippen molar-refractivity contribution in [2.24, 2.45) is 0 Å². The smallest absolute Gasteiger partial charge is 0.306 e. The zero-order chi connectivity index (χ0) is 42.3. The lowest BCUT2D eigenvalue weighted by atomic mass is 10.1. The maximum atomic E-state index is 12.7. The van der Waals surface area contributed by atoms with Gasteiger partial charge in [0.25, 0.3) is 0 Å². The number of esters is 3. The van der Waals surface area contributed by atoms with E-state index in [1.165, 1.54) is 167 Å². The summed E-state index contributed by atoms with van der Waals surface area (Å²) in [5, 5.41) is 0. The van der Waals surface area contributed by atoms with Gasteiger partial charge >= 0.3 is 17.9 Å². The molecule has 6 heteroatoms. The van der Waals surface area contributed by atoms with E-state index in [9.17, 15) is 14.4 Å². The van der Waals surface area contributed by atoms with Crippen LogP contribution in [0.2, 0.25) is 0 Å². The van der Waals surface area contributed by atoms with E-state index < -0.39 is 6.10 Å². The Labute approximate surface area is 360 Å². The van der Waals surface area contributed by atoms with Crippen LogP contribution in [0, 0.1) is 0 Å². The molecule has 58 heavy (non-hydrogen) atoms. The highest BCUT2D eigenvalue weighted by molar-refractivity contribution is 5.71. The molecule has 0 fully saturated rings. The first kappa shape index (κ1) is 55.9. The highest BCUT2D eigenvalue weighted by Crippen LogP contribution is 2.15. The first-order valence-corrected chi connectivity index (χ1v) is 25.3. The highest BCUT2D eigenvalue weighted by atomic mass is 16.6. The molecule has 0 aromatic carbocycles. The third kappa shape index (κ3) is 45.0. The van der Waals surface area contributed by atoms with Crippen molar-refractivity contribution in [3.8, 4) is 0 Å². The molecule has 0 heterocycles. The summed E-state index contributed by atoms with van der Waals surface area (Å²) in [6.07, 6.45) is 53.2. The monoisotopic (exact) mass is 817 g/mol. The van der Waals surface area contributed by atoms with E-state index in [1.807, 2.05) is 0 Å². The minimum absolute atomic E-state index is 0.0730. The largest absolute Gasteiger partial charge is 0.462 e. The SMILES string of the molecule is CCCCC/C=C\CCCCCCCC(=O)OC(COC(=O)CCCCCCCCC)COC(=O)CCCCCCCCCCC/C=C\CCCCCCCCCC. The molecule has 0 radical (unpaired) electrons. The third-order valence-electron chi connectivity index (χ3n) is 11.2. The third-order valence-corrected chi connectivity index (χ3v) is 11.2. The molecule has 1 atom stereocenters. The normalized spacial score (nSPS) is 12.1. The Morgan fingerprint density at radius 1 is 0.328 bits per heavy atom. The van der Waals surface area contributed by atoms with Crippen LogP contribution in [0.1, 0.15) is 271 Å². The second kappa shape index (κ2) is 47.6. The predicted molar refractivity (Wildman–Crippen MR) is 247 cm³/mol. The van der Waals surface area contributed by atoms with E-state index in [2.05, 4.69) is 45.1 Å². The van der Waals surface area contributed by atoms with E-state index in [4.69, 9.17) is 14.2 Å². The van der Waals surface area contributed by atoms with E-state index in [0.29, 0.717) is 19.3 Å². The van der Waals surface area contributed by atoms with Gasteiger partial charge in [0.2, 0.25) is 0 Å². The molecular formula is C52H96O6. The summed E-state index contributed by atoms with van der Waals surface area (Å²) in [7, 11) is 0. The first-order valence-electron chi connectivity index (χ1n) is 25.3. The molecule has 0 rings (SSSR count). The minimum Gasteiger partial charge on any atom is -0.462 e. The Bertz CT molecular complexity index is 942. The number of allylic oxidation sites excluding steroid dienone is 4. The number of hydrogen-bond donors (Lipinski definition) is 0. The standard InChI is InChI=1S/C52H96O6/c1-4-7-10-13-16-18-20-22-23-24-25-26-27-28-29-30-32-33-36-39-42-45-51(54)57-48-49(47-56-50(53)44-41-38-35-15-12-9-6-3)58-52(55)46-43-40-37-34-31-21-19-17-14-11-8-5-2/h17,19,24-25,49H,4-16,18,20-23,26-48H2,1-3H3/b19-17-,25-24-. The summed E-state index contributed by atoms with van der Waals surface area (Å²) in [6.45, 7) is 6.58. The van der Waals surface area contributed by atoms with E-state index >= 15 is 0 Å². The number of unbranched alkanes of at least 4 members (excludes halogenated alkanes) is 31. The lowest BCUT2D eigenvalue weighted by Crippen LogP contribution is -2.30. The van der Waals surface area contributed by atoms with Crippen LogP contribution in [0.3, 0.4) is 0 Å². The van der Waals surface area contributed by atoms with Crippen LogP contribution >= 0.6 is 0 Å². The summed E-state index contributed by atoms with van der Waals surface area (Å²) in [5.74, 6) is -0.882. The summed E-state index contributed by atoms with van der Waals surface area (Å²) in [6, 6.07) is 0. The lowest BCUT2D eigenvalue weighted by Gasteiger charge is -2.18. The molecule has 0 saturated carbocycles. The zero-order valence-corrected chi connectivity index (χ0v) is 38.8. The summed E-state index contributed by atoms with van der Waals surface area (Å²) >= 11 is 0. The number of hydrogen-bond acceptors (Lipinski definition) is 6. The second-order valence-corrected chi connectivity index (χ2v) is 17.1. The Hall–Kier alpha value is -2.11. The molecule has 1 unspecified atom stereocenters. The van der Waals surface area contributed by atoms with Gasteiger partial charge in [0.05, 0.1) is 0 Å². The number of ether oxygens (including phenoxy) is 3. The Kier molecular flexibility index (Phi) is 45.8. The molecule has 0 saturated heterocycles. The van der Waals surface area contributed by atoms with Crippen LogP contribution in [-0.4, -0.2) is 37.2 Å². The molecule has 340 valence electrons. The maximum Gasteiger partial charge on any atom is 0.306 e. The molecule has 6 nitrogen and oxygen atoms in total. The van der Waals surface area contributed by atoms with E-state index in [-0.39, 0.29) is 31.1 Å². The van der Waals surface area contributed by atoms with Gasteiger partial charge in [0.15, 0.2) is 6.10 Å².